The van der Waals surface area contributed by atoms with Crippen molar-refractivity contribution in [3.8, 4) is 17.6 Å². The van der Waals surface area contributed by atoms with Crippen molar-refractivity contribution < 1.29 is 31.5 Å². The number of anilines is 1. The molecule has 4 aromatic rings. The van der Waals surface area contributed by atoms with Crippen molar-refractivity contribution in [2.75, 3.05) is 26.5 Å². The van der Waals surface area contributed by atoms with Crippen molar-refractivity contribution in [2.45, 2.75) is 18.4 Å². The zero-order chi connectivity index (χ0) is 34.3. The number of nitriles is 1. The zero-order valence-corrected chi connectivity index (χ0v) is 28.3. The highest BCUT2D eigenvalue weighted by Gasteiger charge is 2.25. The van der Waals surface area contributed by atoms with E-state index in [1.807, 2.05) is 0 Å². The number of nitrogens with zero attached hydrogens (tertiary/aromatic N) is 5. The van der Waals surface area contributed by atoms with E-state index >= 15 is 0 Å². The second-order valence-electron chi connectivity index (χ2n) is 9.16. The molecule has 12 nitrogen and oxygen atoms in total. The first-order chi connectivity index (χ1) is 21.6. The fourth-order valence-corrected chi connectivity index (χ4v) is 5.73. The third-order valence-electron chi connectivity index (χ3n) is 5.94. The van der Waals surface area contributed by atoms with Gasteiger partial charge < -0.3 is 15.4 Å². The minimum atomic E-state index is -3.89. The van der Waals surface area contributed by atoms with Crippen LogP contribution in [-0.2, 0) is 10.0 Å². The standard InChI is InChI=1S/C18H14BrCl2N5O2.C10H10F2N2O3S/c1-9-6-10(20)7-11(17(27)22-2)15(9)24-18(28)13-8-14(19)25-26(13)16-12(21)4-3-5-23-16;1-14(2)18(15,16)9-5-3-4-8(7(9)6-13)17-10(11)12/h3-8H,1-2H3,(H,22,27)(H,24,28);3-5,10H,1-2H3. The Morgan fingerprint density at radius 1 is 1.13 bits per heavy atom. The van der Waals surface area contributed by atoms with Crippen LogP contribution in [-0.4, -0.2) is 67.1 Å². The Labute approximate surface area is 281 Å². The van der Waals surface area contributed by atoms with Crippen molar-refractivity contribution in [1.29, 1.82) is 5.26 Å². The second-order valence-corrected chi connectivity index (χ2v) is 12.9. The lowest BCUT2D eigenvalue weighted by Crippen LogP contribution is -2.23. The van der Waals surface area contributed by atoms with Crippen LogP contribution in [0.2, 0.25) is 10.0 Å². The summed E-state index contributed by atoms with van der Waals surface area (Å²) in [5, 5.41) is 19.2. The van der Waals surface area contributed by atoms with Crippen molar-refractivity contribution in [3.05, 3.63) is 91.8 Å². The summed E-state index contributed by atoms with van der Waals surface area (Å²) in [6.45, 7) is -1.38. The van der Waals surface area contributed by atoms with Crippen LogP contribution in [0.4, 0.5) is 14.5 Å². The van der Waals surface area contributed by atoms with Crippen LogP contribution in [0.15, 0.2) is 64.2 Å². The van der Waals surface area contributed by atoms with Crippen LogP contribution in [0, 0.1) is 18.3 Å². The summed E-state index contributed by atoms with van der Waals surface area (Å²) >= 11 is 15.5. The lowest BCUT2D eigenvalue weighted by Gasteiger charge is -2.14. The maximum atomic E-state index is 13.0. The third kappa shape index (κ3) is 8.36. The summed E-state index contributed by atoms with van der Waals surface area (Å²) in [5.74, 6) is -1.02. The molecule has 242 valence electrons. The minimum Gasteiger partial charge on any atom is -0.433 e. The van der Waals surface area contributed by atoms with Crippen molar-refractivity contribution in [3.63, 3.8) is 0 Å². The molecule has 0 bridgehead atoms. The van der Waals surface area contributed by atoms with E-state index in [9.17, 15) is 26.8 Å². The van der Waals surface area contributed by atoms with E-state index in [0.29, 0.717) is 31.7 Å². The molecule has 0 aliphatic carbocycles. The van der Waals surface area contributed by atoms with Gasteiger partial charge in [-0.2, -0.15) is 19.1 Å². The highest BCUT2D eigenvalue weighted by molar-refractivity contribution is 9.10. The van der Waals surface area contributed by atoms with Crippen LogP contribution in [0.5, 0.6) is 5.75 Å². The van der Waals surface area contributed by atoms with Gasteiger partial charge >= 0.3 is 6.61 Å². The molecule has 4 rings (SSSR count). The van der Waals surface area contributed by atoms with Crippen molar-refractivity contribution in [1.82, 2.24) is 24.4 Å². The van der Waals surface area contributed by atoms with Gasteiger partial charge in [0.15, 0.2) is 5.82 Å². The van der Waals surface area contributed by atoms with Crippen LogP contribution in [0.25, 0.3) is 5.82 Å². The van der Waals surface area contributed by atoms with E-state index in [1.54, 1.807) is 37.4 Å². The Bertz CT molecular complexity index is 1940. The molecule has 0 saturated carbocycles. The average Bonchev–Trinajstić information content (AvgIpc) is 3.39. The number of halogens is 5. The molecule has 0 saturated heterocycles. The molecule has 0 spiro atoms. The number of nitrogens with one attached hydrogen (secondary N) is 2. The molecule has 2 aromatic carbocycles. The topological polar surface area (TPSA) is 159 Å². The van der Waals surface area contributed by atoms with Crippen LogP contribution in [0.3, 0.4) is 0 Å². The molecule has 0 aliphatic heterocycles. The summed E-state index contributed by atoms with van der Waals surface area (Å²) < 4.78 is 54.8. The predicted molar refractivity (Wildman–Crippen MR) is 170 cm³/mol. The number of hydrogen-bond acceptors (Lipinski definition) is 8. The van der Waals surface area contributed by atoms with Gasteiger partial charge in [-0.25, -0.2) is 22.4 Å². The lowest BCUT2D eigenvalue weighted by atomic mass is 10.1. The first kappa shape index (κ1) is 36.3. The first-order valence-corrected chi connectivity index (χ1v) is 15.7. The van der Waals surface area contributed by atoms with Gasteiger partial charge in [0.2, 0.25) is 10.0 Å². The molecule has 46 heavy (non-hydrogen) atoms. The molecule has 0 aliphatic rings. The Kier molecular flexibility index (Phi) is 12.2. The second kappa shape index (κ2) is 15.4. The van der Waals surface area contributed by atoms with Gasteiger partial charge in [-0.05, 0) is 64.8 Å². The van der Waals surface area contributed by atoms with Gasteiger partial charge in [0.05, 0.1) is 16.3 Å². The number of rotatable bonds is 8. The monoisotopic (exact) mass is 757 g/mol. The van der Waals surface area contributed by atoms with Crippen LogP contribution in [0.1, 0.15) is 32.0 Å². The highest BCUT2D eigenvalue weighted by Crippen LogP contribution is 2.29. The summed E-state index contributed by atoms with van der Waals surface area (Å²) in [6.07, 6.45) is 1.55. The number of sulfonamides is 1. The Morgan fingerprint density at radius 3 is 2.41 bits per heavy atom. The number of amides is 2. The Hall–Kier alpha value is -4.14. The van der Waals surface area contributed by atoms with E-state index in [0.717, 1.165) is 16.4 Å². The van der Waals surface area contributed by atoms with E-state index in [2.05, 4.69) is 41.4 Å². The van der Waals surface area contributed by atoms with Gasteiger partial charge in [0.1, 0.15) is 32.6 Å². The first-order valence-electron chi connectivity index (χ1n) is 12.7. The summed E-state index contributed by atoms with van der Waals surface area (Å²) in [6, 6.07) is 13.1. The maximum Gasteiger partial charge on any atom is 0.387 e. The fourth-order valence-electron chi connectivity index (χ4n) is 3.84. The van der Waals surface area contributed by atoms with Crippen LogP contribution < -0.4 is 15.4 Å². The number of carbonyl (C=O) groups is 2. The molecular formula is C28H24BrCl2F2N7O5S. The van der Waals surface area contributed by atoms with E-state index < -0.39 is 33.9 Å². The quantitative estimate of drug-likeness (QED) is 0.233. The predicted octanol–water partition coefficient (Wildman–Crippen LogP) is 5.67. The van der Waals surface area contributed by atoms with Crippen molar-refractivity contribution >= 4 is 66.7 Å². The normalized spacial score (nSPS) is 11.0. The molecule has 0 atom stereocenters. The van der Waals surface area contributed by atoms with Gasteiger partial charge in [-0.1, -0.05) is 29.3 Å². The molecular weight excluding hydrogens is 735 g/mol. The zero-order valence-electron chi connectivity index (χ0n) is 24.3. The molecule has 0 unspecified atom stereocenters. The van der Waals surface area contributed by atoms with E-state index in [4.69, 9.17) is 28.5 Å². The number of alkyl halides is 2. The summed E-state index contributed by atoms with van der Waals surface area (Å²) in [7, 11) is 0.157. The van der Waals surface area contributed by atoms with E-state index in [1.165, 1.54) is 44.0 Å². The molecule has 2 aromatic heterocycles. The minimum absolute atomic E-state index is 0.185. The SMILES string of the molecule is CN(C)S(=O)(=O)c1cccc(OC(F)F)c1C#N.CNC(=O)c1cc(Cl)cc(C)c1NC(=O)c1cc(Br)nn1-c1ncccc1Cl. The van der Waals surface area contributed by atoms with Gasteiger partial charge in [-0.3, -0.25) is 9.59 Å². The molecule has 0 radical (unpaired) electrons. The summed E-state index contributed by atoms with van der Waals surface area (Å²) in [4.78, 5) is 29.0. The number of aryl methyl sites for hydroxylation is 1. The molecule has 2 amide bonds. The number of pyridine rings is 1. The van der Waals surface area contributed by atoms with Gasteiger partial charge in [0, 0.05) is 38.4 Å². The molecule has 2 heterocycles. The van der Waals surface area contributed by atoms with Gasteiger partial charge in [0.25, 0.3) is 11.8 Å². The Morgan fingerprint density at radius 2 is 1.83 bits per heavy atom. The third-order valence-corrected chi connectivity index (χ3v) is 8.70. The van der Waals surface area contributed by atoms with Crippen LogP contribution >= 0.6 is 39.1 Å². The number of hydrogen-bond donors (Lipinski definition) is 2. The number of benzene rings is 2. The largest absolute Gasteiger partial charge is 0.433 e. The number of aromatic nitrogens is 3. The number of carbonyl (C=O) groups excluding carboxylic acids is 2. The molecule has 2 N–H and O–H groups in total. The fraction of sp³-hybridized carbons (Fsp3) is 0.179. The van der Waals surface area contributed by atoms with Gasteiger partial charge in [-0.15, -0.1) is 0 Å². The molecule has 18 heteroatoms. The average molecular weight is 759 g/mol. The smallest absolute Gasteiger partial charge is 0.387 e. The Balaban J connectivity index is 0.000000277. The molecule has 0 fully saturated rings. The number of ether oxygens (including phenoxy) is 1. The summed E-state index contributed by atoms with van der Waals surface area (Å²) in [5.41, 5.74) is 0.989. The van der Waals surface area contributed by atoms with E-state index in [-0.39, 0.29) is 22.1 Å². The maximum absolute atomic E-state index is 13.0. The highest BCUT2D eigenvalue weighted by atomic mass is 79.9. The lowest BCUT2D eigenvalue weighted by molar-refractivity contribution is -0.0502. The van der Waals surface area contributed by atoms with Crippen molar-refractivity contribution in [2.24, 2.45) is 0 Å².